The van der Waals surface area contributed by atoms with Gasteiger partial charge in [0.2, 0.25) is 0 Å². The molecule has 0 aromatic carbocycles. The summed E-state index contributed by atoms with van der Waals surface area (Å²) in [7, 11) is 0. The smallest absolute Gasteiger partial charge is 0.306 e. The van der Waals surface area contributed by atoms with Gasteiger partial charge in [0.05, 0.1) is 0 Å². The average Bonchev–Trinajstić information content (AvgIpc) is 3.00. The van der Waals surface area contributed by atoms with E-state index in [4.69, 9.17) is 14.2 Å². The number of carbonyl (C=O) groups excluding carboxylic acids is 3. The fourth-order valence-electron chi connectivity index (χ4n) is 5.39. The van der Waals surface area contributed by atoms with Gasteiger partial charge in [-0.25, -0.2) is 0 Å². The van der Waals surface area contributed by atoms with E-state index in [1.54, 1.807) is 0 Å². The maximum absolute atomic E-state index is 12.5. The van der Waals surface area contributed by atoms with E-state index in [-0.39, 0.29) is 31.1 Å². The second-order valence-electron chi connectivity index (χ2n) is 13.3. The summed E-state index contributed by atoms with van der Waals surface area (Å²) in [4.78, 5) is 37.0. The van der Waals surface area contributed by atoms with Crippen LogP contribution in [0.15, 0.2) is 0 Å². The molecule has 0 aromatic rings. The Morgan fingerprint density at radius 1 is 0.432 bits per heavy atom. The van der Waals surface area contributed by atoms with Crippen LogP contribution in [0.25, 0.3) is 0 Å². The number of hydrogen-bond donors (Lipinski definition) is 0. The van der Waals surface area contributed by atoms with Crippen LogP contribution in [0, 0.1) is 5.92 Å². The number of esters is 3. The van der Waals surface area contributed by atoms with Crippen molar-refractivity contribution in [3.8, 4) is 0 Å². The Balaban J connectivity index is 4.19. The number of unbranched alkanes of at least 4 members (excludes halogenated alkanes) is 20. The average molecular weight is 625 g/mol. The maximum atomic E-state index is 12.5. The third-order valence-electron chi connectivity index (χ3n) is 8.29. The predicted octanol–water partition coefficient (Wildman–Crippen LogP) is 11.2. The normalized spacial score (nSPS) is 11.9. The lowest BCUT2D eigenvalue weighted by Gasteiger charge is -2.18. The lowest BCUT2D eigenvalue weighted by Crippen LogP contribution is -2.30. The van der Waals surface area contributed by atoms with Gasteiger partial charge in [0.15, 0.2) is 6.10 Å². The first-order chi connectivity index (χ1) is 21.4. The van der Waals surface area contributed by atoms with Crippen molar-refractivity contribution in [1.29, 1.82) is 0 Å². The Bertz CT molecular complexity index is 662. The molecule has 0 aliphatic heterocycles. The molecule has 0 heterocycles. The van der Waals surface area contributed by atoms with Gasteiger partial charge in [-0.2, -0.15) is 0 Å². The summed E-state index contributed by atoms with van der Waals surface area (Å²) >= 11 is 0. The summed E-state index contributed by atoms with van der Waals surface area (Å²) in [5.41, 5.74) is 0. The highest BCUT2D eigenvalue weighted by Gasteiger charge is 2.19. The van der Waals surface area contributed by atoms with Gasteiger partial charge >= 0.3 is 17.9 Å². The van der Waals surface area contributed by atoms with E-state index in [0.717, 1.165) is 70.1 Å². The summed E-state index contributed by atoms with van der Waals surface area (Å²) in [6, 6.07) is 0. The second kappa shape index (κ2) is 32.8. The molecule has 260 valence electrons. The molecule has 0 aliphatic rings. The van der Waals surface area contributed by atoms with Crippen molar-refractivity contribution in [2.24, 2.45) is 5.92 Å². The first kappa shape index (κ1) is 42.4. The van der Waals surface area contributed by atoms with Crippen molar-refractivity contribution >= 4 is 17.9 Å². The minimum Gasteiger partial charge on any atom is -0.462 e. The van der Waals surface area contributed by atoms with Crippen molar-refractivity contribution < 1.29 is 28.6 Å². The standard InChI is InChI=1S/C38H72O6/c1-5-7-9-11-17-23-27-31-38(41)44-35(32-42-36(39)29-25-20-10-8-6-2)33-43-37(40)30-26-22-19-16-14-12-13-15-18-21-24-28-34(3)4/h34-35H,5-33H2,1-4H3/t35-/m0/s1. The first-order valence-electron chi connectivity index (χ1n) is 18.9. The van der Waals surface area contributed by atoms with Crippen molar-refractivity contribution in [3.05, 3.63) is 0 Å². The van der Waals surface area contributed by atoms with Gasteiger partial charge < -0.3 is 14.2 Å². The molecule has 0 N–H and O–H groups in total. The van der Waals surface area contributed by atoms with Crippen molar-refractivity contribution in [1.82, 2.24) is 0 Å². The van der Waals surface area contributed by atoms with Gasteiger partial charge in [-0.3, -0.25) is 14.4 Å². The molecular weight excluding hydrogens is 552 g/mol. The zero-order valence-electron chi connectivity index (χ0n) is 29.6. The summed E-state index contributed by atoms with van der Waals surface area (Å²) < 4.78 is 16.4. The highest BCUT2D eigenvalue weighted by molar-refractivity contribution is 5.71. The van der Waals surface area contributed by atoms with Crippen molar-refractivity contribution in [2.75, 3.05) is 13.2 Å². The van der Waals surface area contributed by atoms with E-state index >= 15 is 0 Å². The quantitative estimate of drug-likeness (QED) is 0.0410. The molecule has 44 heavy (non-hydrogen) atoms. The van der Waals surface area contributed by atoms with E-state index in [9.17, 15) is 14.4 Å². The van der Waals surface area contributed by atoms with Crippen LogP contribution < -0.4 is 0 Å². The molecule has 0 unspecified atom stereocenters. The molecule has 0 aliphatic carbocycles. The molecule has 1 atom stereocenters. The molecule has 6 nitrogen and oxygen atoms in total. The highest BCUT2D eigenvalue weighted by Crippen LogP contribution is 2.15. The van der Waals surface area contributed by atoms with E-state index < -0.39 is 6.10 Å². The fraction of sp³-hybridized carbons (Fsp3) is 0.921. The zero-order chi connectivity index (χ0) is 32.5. The number of hydrogen-bond acceptors (Lipinski definition) is 6. The monoisotopic (exact) mass is 625 g/mol. The van der Waals surface area contributed by atoms with Gasteiger partial charge in [-0.15, -0.1) is 0 Å². The lowest BCUT2D eigenvalue weighted by molar-refractivity contribution is -0.167. The predicted molar refractivity (Wildman–Crippen MR) is 183 cm³/mol. The summed E-state index contributed by atoms with van der Waals surface area (Å²) in [5, 5.41) is 0. The molecule has 0 aromatic heterocycles. The van der Waals surface area contributed by atoms with Gasteiger partial charge in [0.1, 0.15) is 13.2 Å². The van der Waals surface area contributed by atoms with E-state index in [1.165, 1.54) is 89.9 Å². The van der Waals surface area contributed by atoms with Gasteiger partial charge in [-0.1, -0.05) is 163 Å². The molecule has 0 fully saturated rings. The van der Waals surface area contributed by atoms with Gasteiger partial charge in [0, 0.05) is 19.3 Å². The molecule has 0 amide bonds. The Morgan fingerprint density at radius 3 is 1.11 bits per heavy atom. The van der Waals surface area contributed by atoms with Crippen LogP contribution in [0.1, 0.15) is 201 Å². The Morgan fingerprint density at radius 2 is 0.750 bits per heavy atom. The molecule has 0 saturated heterocycles. The summed E-state index contributed by atoms with van der Waals surface area (Å²) in [6.07, 6.45) is 28.4. The minimum atomic E-state index is -0.754. The summed E-state index contributed by atoms with van der Waals surface area (Å²) in [6.45, 7) is 8.83. The lowest BCUT2D eigenvalue weighted by atomic mass is 10.0. The van der Waals surface area contributed by atoms with Crippen LogP contribution in [0.4, 0.5) is 0 Å². The van der Waals surface area contributed by atoms with E-state index in [0.29, 0.717) is 19.3 Å². The van der Waals surface area contributed by atoms with Crippen molar-refractivity contribution in [2.45, 2.75) is 207 Å². The molecule has 0 saturated carbocycles. The van der Waals surface area contributed by atoms with Crippen LogP contribution in [0.2, 0.25) is 0 Å². The molecule has 6 heteroatoms. The molecule has 0 rings (SSSR count). The summed E-state index contributed by atoms with van der Waals surface area (Å²) in [5.74, 6) is -0.0595. The largest absolute Gasteiger partial charge is 0.462 e. The third kappa shape index (κ3) is 31.8. The molecule has 0 bridgehead atoms. The molecule has 0 radical (unpaired) electrons. The fourth-order valence-corrected chi connectivity index (χ4v) is 5.39. The Hall–Kier alpha value is -1.59. The maximum Gasteiger partial charge on any atom is 0.306 e. The first-order valence-corrected chi connectivity index (χ1v) is 18.9. The van der Waals surface area contributed by atoms with Crippen LogP contribution in [-0.2, 0) is 28.6 Å². The number of ether oxygens (including phenoxy) is 3. The van der Waals surface area contributed by atoms with Crippen molar-refractivity contribution in [3.63, 3.8) is 0 Å². The topological polar surface area (TPSA) is 78.9 Å². The van der Waals surface area contributed by atoms with Crippen LogP contribution >= 0.6 is 0 Å². The third-order valence-corrected chi connectivity index (χ3v) is 8.29. The highest BCUT2D eigenvalue weighted by atomic mass is 16.6. The molecular formula is C38H72O6. The molecule has 0 spiro atoms. The number of carbonyl (C=O) groups is 3. The Labute approximate surface area is 272 Å². The minimum absolute atomic E-state index is 0.0666. The zero-order valence-corrected chi connectivity index (χ0v) is 29.6. The van der Waals surface area contributed by atoms with Crippen LogP contribution in [-0.4, -0.2) is 37.2 Å². The van der Waals surface area contributed by atoms with Gasteiger partial charge in [-0.05, 0) is 25.2 Å². The van der Waals surface area contributed by atoms with E-state index in [2.05, 4.69) is 27.7 Å². The van der Waals surface area contributed by atoms with Gasteiger partial charge in [0.25, 0.3) is 0 Å². The second-order valence-corrected chi connectivity index (χ2v) is 13.3. The SMILES string of the molecule is CCCCCCCCCC(=O)O[C@@H](COC(=O)CCCCCCC)COC(=O)CCCCCCCCCCCCCC(C)C. The van der Waals surface area contributed by atoms with E-state index in [1.807, 2.05) is 0 Å². The van der Waals surface area contributed by atoms with Crippen LogP contribution in [0.5, 0.6) is 0 Å². The van der Waals surface area contributed by atoms with Crippen LogP contribution in [0.3, 0.4) is 0 Å². The number of rotatable bonds is 33. The Kier molecular flexibility index (Phi) is 31.6.